The maximum absolute atomic E-state index is 11.4. The van der Waals surface area contributed by atoms with E-state index in [9.17, 15) is 9.90 Å². The Bertz CT molecular complexity index is 921. The van der Waals surface area contributed by atoms with Gasteiger partial charge in [-0.15, -0.1) is 11.8 Å². The zero-order valence-corrected chi connectivity index (χ0v) is 15.5. The second kappa shape index (κ2) is 8.75. The Kier molecular flexibility index (Phi) is 6.16. The highest BCUT2D eigenvalue weighted by atomic mass is 35.5. The van der Waals surface area contributed by atoms with Crippen molar-refractivity contribution in [2.24, 2.45) is 0 Å². The van der Waals surface area contributed by atoms with Gasteiger partial charge in [0.1, 0.15) is 0 Å². The standard InChI is InChI=1S/C22H17ClO2S/c23-18-11-12-21(26-15-16-7-3-1-4-8-16)20(13-18)19(14-22(24)25)17-9-5-2-6-10-17/h1-14H,15H2,(H,24,25). The monoisotopic (exact) mass is 380 g/mol. The first kappa shape index (κ1) is 18.3. The van der Waals surface area contributed by atoms with Crippen LogP contribution in [0.25, 0.3) is 5.57 Å². The summed E-state index contributed by atoms with van der Waals surface area (Å²) in [6.07, 6.45) is 1.24. The van der Waals surface area contributed by atoms with Crippen LogP contribution in [0.3, 0.4) is 0 Å². The molecular weight excluding hydrogens is 364 g/mol. The van der Waals surface area contributed by atoms with Gasteiger partial charge in [0.15, 0.2) is 0 Å². The summed E-state index contributed by atoms with van der Waals surface area (Å²) in [5.74, 6) is -0.187. The Morgan fingerprint density at radius 1 is 0.962 bits per heavy atom. The minimum atomic E-state index is -0.983. The summed E-state index contributed by atoms with van der Waals surface area (Å²) in [4.78, 5) is 12.4. The van der Waals surface area contributed by atoms with Crippen molar-refractivity contribution >= 4 is 34.9 Å². The highest BCUT2D eigenvalue weighted by Gasteiger charge is 2.13. The van der Waals surface area contributed by atoms with Crippen LogP contribution >= 0.6 is 23.4 Å². The first-order chi connectivity index (χ1) is 12.6. The fourth-order valence-corrected chi connectivity index (χ4v) is 3.81. The lowest BCUT2D eigenvalue weighted by atomic mass is 9.97. The maximum Gasteiger partial charge on any atom is 0.328 e. The van der Waals surface area contributed by atoms with Gasteiger partial charge >= 0.3 is 5.97 Å². The van der Waals surface area contributed by atoms with Crippen molar-refractivity contribution in [1.82, 2.24) is 0 Å². The van der Waals surface area contributed by atoms with Crippen molar-refractivity contribution in [3.8, 4) is 0 Å². The Balaban J connectivity index is 2.01. The molecule has 0 aromatic heterocycles. The van der Waals surface area contributed by atoms with E-state index in [-0.39, 0.29) is 0 Å². The Morgan fingerprint density at radius 3 is 2.27 bits per heavy atom. The molecule has 1 N–H and O–H groups in total. The Morgan fingerprint density at radius 2 is 1.62 bits per heavy atom. The van der Waals surface area contributed by atoms with E-state index in [0.29, 0.717) is 10.6 Å². The van der Waals surface area contributed by atoms with Gasteiger partial charge in [-0.2, -0.15) is 0 Å². The molecule has 3 aromatic carbocycles. The molecule has 0 bridgehead atoms. The molecule has 0 heterocycles. The third-order valence-corrected chi connectivity index (χ3v) is 5.20. The molecule has 0 unspecified atom stereocenters. The summed E-state index contributed by atoms with van der Waals surface area (Å²) in [5, 5.41) is 9.94. The van der Waals surface area contributed by atoms with Gasteiger partial charge in [-0.25, -0.2) is 4.79 Å². The summed E-state index contributed by atoms with van der Waals surface area (Å²) < 4.78 is 0. The summed E-state index contributed by atoms with van der Waals surface area (Å²) in [7, 11) is 0. The minimum Gasteiger partial charge on any atom is -0.478 e. The zero-order valence-electron chi connectivity index (χ0n) is 13.9. The SMILES string of the molecule is O=C(O)C=C(c1ccccc1)c1cc(Cl)ccc1SCc1ccccc1. The Labute approximate surface area is 162 Å². The molecule has 130 valence electrons. The van der Waals surface area contributed by atoms with Gasteiger partial charge in [-0.3, -0.25) is 0 Å². The van der Waals surface area contributed by atoms with Crippen LogP contribution in [-0.2, 0) is 10.5 Å². The van der Waals surface area contributed by atoms with Crippen molar-refractivity contribution < 1.29 is 9.90 Å². The first-order valence-electron chi connectivity index (χ1n) is 8.10. The number of carbonyl (C=O) groups is 1. The number of aliphatic carboxylic acids is 1. The molecule has 2 nitrogen and oxygen atoms in total. The lowest BCUT2D eigenvalue weighted by Crippen LogP contribution is -1.97. The normalized spacial score (nSPS) is 11.3. The summed E-state index contributed by atoms with van der Waals surface area (Å²) in [6.45, 7) is 0. The van der Waals surface area contributed by atoms with Crippen molar-refractivity contribution in [2.45, 2.75) is 10.6 Å². The van der Waals surface area contributed by atoms with Crippen LogP contribution in [-0.4, -0.2) is 11.1 Å². The summed E-state index contributed by atoms with van der Waals surface area (Å²) in [5.41, 5.74) is 3.53. The summed E-state index contributed by atoms with van der Waals surface area (Å²) >= 11 is 7.88. The van der Waals surface area contributed by atoms with Gasteiger partial charge in [-0.1, -0.05) is 72.3 Å². The van der Waals surface area contributed by atoms with Gasteiger partial charge in [-0.05, 0) is 40.5 Å². The van der Waals surface area contributed by atoms with Crippen LogP contribution < -0.4 is 0 Å². The fraction of sp³-hybridized carbons (Fsp3) is 0.0455. The van der Waals surface area contributed by atoms with Crippen LogP contribution in [0.2, 0.25) is 5.02 Å². The highest BCUT2D eigenvalue weighted by Crippen LogP contribution is 2.35. The van der Waals surface area contributed by atoms with Gasteiger partial charge < -0.3 is 5.11 Å². The fourth-order valence-electron chi connectivity index (χ4n) is 2.63. The Hall–Kier alpha value is -2.49. The smallest absolute Gasteiger partial charge is 0.328 e. The largest absolute Gasteiger partial charge is 0.478 e. The third-order valence-electron chi connectivity index (χ3n) is 3.82. The van der Waals surface area contributed by atoms with E-state index in [1.807, 2.05) is 66.7 Å². The van der Waals surface area contributed by atoms with E-state index < -0.39 is 5.97 Å². The number of thioether (sulfide) groups is 1. The molecule has 0 aliphatic rings. The molecular formula is C22H17ClO2S. The lowest BCUT2D eigenvalue weighted by molar-refractivity contribution is -0.131. The van der Waals surface area contributed by atoms with Gasteiger partial charge in [0.05, 0.1) is 0 Å². The molecule has 0 saturated carbocycles. The van der Waals surface area contributed by atoms with E-state index in [4.69, 9.17) is 11.6 Å². The van der Waals surface area contributed by atoms with Crippen LogP contribution in [0.15, 0.2) is 89.8 Å². The molecule has 0 radical (unpaired) electrons. The zero-order chi connectivity index (χ0) is 18.4. The average Bonchev–Trinajstić information content (AvgIpc) is 2.66. The molecule has 0 amide bonds. The molecule has 4 heteroatoms. The van der Waals surface area contributed by atoms with Crippen LogP contribution in [0, 0.1) is 0 Å². The van der Waals surface area contributed by atoms with E-state index in [1.54, 1.807) is 11.8 Å². The van der Waals surface area contributed by atoms with Crippen molar-refractivity contribution in [3.63, 3.8) is 0 Å². The second-order valence-corrected chi connectivity index (χ2v) is 7.13. The van der Waals surface area contributed by atoms with Crippen LogP contribution in [0.4, 0.5) is 0 Å². The molecule has 0 spiro atoms. The summed E-state index contributed by atoms with van der Waals surface area (Å²) in [6, 6.07) is 25.3. The van der Waals surface area contributed by atoms with Crippen LogP contribution in [0.5, 0.6) is 0 Å². The molecule has 0 fully saturated rings. The highest BCUT2D eigenvalue weighted by molar-refractivity contribution is 7.98. The third kappa shape index (κ3) is 4.78. The van der Waals surface area contributed by atoms with E-state index in [0.717, 1.165) is 21.8 Å². The topological polar surface area (TPSA) is 37.3 Å². The molecule has 3 rings (SSSR count). The van der Waals surface area contributed by atoms with Gasteiger partial charge in [0.2, 0.25) is 0 Å². The van der Waals surface area contributed by atoms with E-state index in [1.165, 1.54) is 11.6 Å². The maximum atomic E-state index is 11.4. The number of carboxylic acid groups (broad SMARTS) is 1. The van der Waals surface area contributed by atoms with E-state index >= 15 is 0 Å². The number of rotatable bonds is 6. The predicted octanol–water partition coefficient (Wildman–Crippen LogP) is 6.15. The van der Waals surface area contributed by atoms with E-state index in [2.05, 4.69) is 12.1 Å². The van der Waals surface area contributed by atoms with Gasteiger partial charge in [0.25, 0.3) is 0 Å². The van der Waals surface area contributed by atoms with Crippen molar-refractivity contribution in [3.05, 3.63) is 107 Å². The predicted molar refractivity (Wildman–Crippen MR) is 109 cm³/mol. The van der Waals surface area contributed by atoms with Crippen molar-refractivity contribution in [2.75, 3.05) is 0 Å². The lowest BCUT2D eigenvalue weighted by Gasteiger charge is -2.14. The molecule has 3 aromatic rings. The number of carboxylic acids is 1. The van der Waals surface area contributed by atoms with Crippen molar-refractivity contribution in [1.29, 1.82) is 0 Å². The number of hydrogen-bond donors (Lipinski definition) is 1. The second-order valence-electron chi connectivity index (χ2n) is 5.68. The first-order valence-corrected chi connectivity index (χ1v) is 9.46. The minimum absolute atomic E-state index is 0.580. The van der Waals surface area contributed by atoms with Gasteiger partial charge in [0, 0.05) is 21.7 Å². The molecule has 0 aliphatic carbocycles. The molecule has 0 saturated heterocycles. The molecule has 0 aliphatic heterocycles. The number of halogens is 1. The molecule has 0 atom stereocenters. The quantitative estimate of drug-likeness (QED) is 0.411. The molecule has 26 heavy (non-hydrogen) atoms. The average molecular weight is 381 g/mol. The number of hydrogen-bond acceptors (Lipinski definition) is 2. The van der Waals surface area contributed by atoms with Crippen LogP contribution in [0.1, 0.15) is 16.7 Å². The number of benzene rings is 3.